The molecule has 0 amide bonds. The molecule has 2 heteroatoms. The molecule has 2 nitrogen and oxygen atoms in total. The summed E-state index contributed by atoms with van der Waals surface area (Å²) in [5.41, 5.74) is 9.65. The molecule has 9 aromatic carbocycles. The van der Waals surface area contributed by atoms with E-state index in [1.807, 2.05) is 6.20 Å². The molecule has 0 radical (unpaired) electrons. The molecule has 57 heavy (non-hydrogen) atoms. The Morgan fingerprint density at radius 3 is 1.86 bits per heavy atom. The molecule has 0 saturated heterocycles. The summed E-state index contributed by atoms with van der Waals surface area (Å²) in [4.78, 5) is 7.50. The van der Waals surface area contributed by atoms with Crippen molar-refractivity contribution in [1.82, 2.24) is 4.98 Å². The van der Waals surface area contributed by atoms with Crippen molar-refractivity contribution in [3.63, 3.8) is 0 Å². The average Bonchev–Trinajstić information content (AvgIpc) is 3.29. The lowest BCUT2D eigenvalue weighted by Gasteiger charge is -2.28. The summed E-state index contributed by atoms with van der Waals surface area (Å²) in [6.45, 7) is 0. The van der Waals surface area contributed by atoms with Crippen molar-refractivity contribution in [1.29, 1.82) is 0 Å². The number of nitrogens with zero attached hydrogens (tertiary/aromatic N) is 2. The summed E-state index contributed by atoms with van der Waals surface area (Å²) in [7, 11) is 0. The Labute approximate surface area is 332 Å². The minimum Gasteiger partial charge on any atom is -0.294 e. The fourth-order valence-corrected chi connectivity index (χ4v) is 9.13. The molecule has 0 bridgehead atoms. The van der Waals surface area contributed by atoms with Gasteiger partial charge in [-0.3, -0.25) is 4.90 Å². The quantitative estimate of drug-likeness (QED) is 0.159. The molecule has 0 unspecified atom stereocenters. The van der Waals surface area contributed by atoms with E-state index in [0.29, 0.717) is 0 Å². The number of aromatic nitrogens is 1. The lowest BCUT2D eigenvalue weighted by Crippen LogP contribution is -2.12. The molecule has 0 atom stereocenters. The summed E-state index contributed by atoms with van der Waals surface area (Å²) in [5.74, 6) is 0.906. The highest BCUT2D eigenvalue weighted by Crippen LogP contribution is 2.50. The Morgan fingerprint density at radius 2 is 1.09 bits per heavy atom. The zero-order valence-electron chi connectivity index (χ0n) is 31.4. The van der Waals surface area contributed by atoms with Crippen molar-refractivity contribution >= 4 is 76.6 Å². The van der Waals surface area contributed by atoms with E-state index in [4.69, 9.17) is 4.98 Å². The first-order valence-corrected chi connectivity index (χ1v) is 19.9. The van der Waals surface area contributed by atoms with E-state index in [9.17, 15) is 0 Å². The van der Waals surface area contributed by atoms with Gasteiger partial charge < -0.3 is 0 Å². The normalized spacial score (nSPS) is 12.8. The highest BCUT2D eigenvalue weighted by atomic mass is 15.2. The molecular formula is C55H38N2. The Balaban J connectivity index is 1.30. The van der Waals surface area contributed by atoms with Crippen molar-refractivity contribution in [2.24, 2.45) is 0 Å². The standard InChI is InChI=1S/C55H38N2/c1-4-17-38(18-5-1)48-36-49(39-19-6-2-7-20-39)53-46-29-15-14-28-45(46)50-35-42(31-32-47(50)54(53)52(48)41-23-8-3-9-24-41)57(51-30-16-25-37-21-10-12-26-43(37)51)55-44-27-13-11-22-40(44)33-34-56-55/h2-4,6-36H,1,5H2. The second kappa shape index (κ2) is 13.8. The van der Waals surface area contributed by atoms with Crippen molar-refractivity contribution in [2.45, 2.75) is 12.8 Å². The van der Waals surface area contributed by atoms with E-state index >= 15 is 0 Å². The zero-order chi connectivity index (χ0) is 37.7. The number of hydrogen-bond donors (Lipinski definition) is 0. The van der Waals surface area contributed by atoms with Gasteiger partial charge in [0, 0.05) is 22.7 Å². The van der Waals surface area contributed by atoms with E-state index in [0.717, 1.165) is 40.8 Å². The third kappa shape index (κ3) is 5.52. The van der Waals surface area contributed by atoms with Gasteiger partial charge in [-0.25, -0.2) is 4.98 Å². The maximum atomic E-state index is 5.13. The van der Waals surface area contributed by atoms with Gasteiger partial charge in [0.15, 0.2) is 0 Å². The Hall–Kier alpha value is -7.29. The van der Waals surface area contributed by atoms with E-state index in [1.165, 1.54) is 76.5 Å². The SMILES string of the molecule is C1=CC(c2cc(-c3ccccc3)c3c4ccccc4c4cc(N(c5cccc6ccccc56)c5nccc6ccccc56)ccc4c3c2-c2ccccc2)=CCC1. The van der Waals surface area contributed by atoms with Crippen molar-refractivity contribution < 1.29 is 0 Å². The lowest BCUT2D eigenvalue weighted by atomic mass is 9.80. The number of fused-ring (bicyclic) bond motifs is 8. The number of benzene rings is 9. The minimum atomic E-state index is 0.906. The van der Waals surface area contributed by atoms with Gasteiger partial charge in [0.25, 0.3) is 0 Å². The van der Waals surface area contributed by atoms with Gasteiger partial charge >= 0.3 is 0 Å². The predicted octanol–water partition coefficient (Wildman–Crippen LogP) is 15.4. The lowest BCUT2D eigenvalue weighted by molar-refractivity contribution is 1.04. The second-order valence-corrected chi connectivity index (χ2v) is 14.9. The third-order valence-corrected chi connectivity index (χ3v) is 11.7. The Kier molecular flexibility index (Phi) is 8.00. The summed E-state index contributed by atoms with van der Waals surface area (Å²) in [6.07, 6.45) is 11.1. The van der Waals surface area contributed by atoms with Crippen LogP contribution < -0.4 is 4.90 Å². The van der Waals surface area contributed by atoms with Gasteiger partial charge in [0.1, 0.15) is 5.82 Å². The third-order valence-electron chi connectivity index (χ3n) is 11.7. The van der Waals surface area contributed by atoms with Crippen LogP contribution in [0.5, 0.6) is 0 Å². The van der Waals surface area contributed by atoms with E-state index in [-0.39, 0.29) is 0 Å². The van der Waals surface area contributed by atoms with Gasteiger partial charge in [-0.15, -0.1) is 0 Å². The van der Waals surface area contributed by atoms with Gasteiger partial charge in [-0.05, 0) is 120 Å². The van der Waals surface area contributed by atoms with Gasteiger partial charge in [-0.2, -0.15) is 0 Å². The van der Waals surface area contributed by atoms with Crippen molar-refractivity contribution in [3.8, 4) is 22.3 Å². The molecule has 1 heterocycles. The van der Waals surface area contributed by atoms with Gasteiger partial charge in [0.05, 0.1) is 5.69 Å². The summed E-state index contributed by atoms with van der Waals surface area (Å²) < 4.78 is 0. The van der Waals surface area contributed by atoms with E-state index in [2.05, 4.69) is 205 Å². The molecule has 1 aromatic heterocycles. The van der Waals surface area contributed by atoms with Crippen LogP contribution in [0.2, 0.25) is 0 Å². The fraction of sp³-hybridized carbons (Fsp3) is 0.0364. The monoisotopic (exact) mass is 726 g/mol. The average molecular weight is 727 g/mol. The Bertz CT molecular complexity index is 3140. The van der Waals surface area contributed by atoms with Crippen LogP contribution in [-0.4, -0.2) is 4.98 Å². The fourth-order valence-electron chi connectivity index (χ4n) is 9.13. The largest absolute Gasteiger partial charge is 0.294 e. The summed E-state index contributed by atoms with van der Waals surface area (Å²) in [6, 6.07) is 66.4. The smallest absolute Gasteiger partial charge is 0.145 e. The van der Waals surface area contributed by atoms with Crippen LogP contribution in [0.25, 0.3) is 81.7 Å². The summed E-state index contributed by atoms with van der Waals surface area (Å²) in [5, 5.41) is 12.1. The minimum absolute atomic E-state index is 0.906. The van der Waals surface area contributed by atoms with Crippen LogP contribution >= 0.6 is 0 Å². The number of allylic oxidation sites excluding steroid dienone is 4. The number of rotatable bonds is 6. The molecule has 0 spiro atoms. The predicted molar refractivity (Wildman–Crippen MR) is 244 cm³/mol. The topological polar surface area (TPSA) is 16.1 Å². The van der Waals surface area contributed by atoms with Crippen LogP contribution in [0.4, 0.5) is 17.2 Å². The maximum absolute atomic E-state index is 5.13. The van der Waals surface area contributed by atoms with Crippen molar-refractivity contribution in [3.05, 3.63) is 212 Å². The molecular weight excluding hydrogens is 689 g/mol. The first-order valence-electron chi connectivity index (χ1n) is 19.9. The van der Waals surface area contributed by atoms with Crippen LogP contribution in [-0.2, 0) is 0 Å². The number of anilines is 3. The summed E-state index contributed by atoms with van der Waals surface area (Å²) >= 11 is 0. The Morgan fingerprint density at radius 1 is 0.439 bits per heavy atom. The van der Waals surface area contributed by atoms with Crippen LogP contribution in [0.15, 0.2) is 206 Å². The molecule has 11 rings (SSSR count). The zero-order valence-corrected chi connectivity index (χ0v) is 31.4. The van der Waals surface area contributed by atoms with Crippen LogP contribution in [0.3, 0.4) is 0 Å². The molecule has 0 fully saturated rings. The molecule has 268 valence electrons. The molecule has 1 aliphatic rings. The number of pyridine rings is 1. The highest BCUT2D eigenvalue weighted by molar-refractivity contribution is 6.33. The molecule has 0 N–H and O–H groups in total. The molecule has 10 aromatic rings. The van der Waals surface area contributed by atoms with Crippen LogP contribution in [0.1, 0.15) is 18.4 Å². The van der Waals surface area contributed by atoms with E-state index in [1.54, 1.807) is 0 Å². The first kappa shape index (κ1) is 33.1. The molecule has 0 saturated carbocycles. The highest BCUT2D eigenvalue weighted by Gasteiger charge is 2.24. The van der Waals surface area contributed by atoms with Gasteiger partial charge in [0.2, 0.25) is 0 Å². The second-order valence-electron chi connectivity index (χ2n) is 14.9. The number of hydrogen-bond acceptors (Lipinski definition) is 2. The molecule has 1 aliphatic carbocycles. The van der Waals surface area contributed by atoms with E-state index < -0.39 is 0 Å². The first-order chi connectivity index (χ1) is 28.3. The van der Waals surface area contributed by atoms with Crippen molar-refractivity contribution in [2.75, 3.05) is 4.90 Å². The maximum Gasteiger partial charge on any atom is 0.145 e. The van der Waals surface area contributed by atoms with Crippen LogP contribution in [0, 0.1) is 0 Å². The van der Waals surface area contributed by atoms with Gasteiger partial charge in [-0.1, -0.05) is 170 Å². The molecule has 0 aliphatic heterocycles.